The average Bonchev–Trinajstić information content (AvgIpc) is 2.67. The summed E-state index contributed by atoms with van der Waals surface area (Å²) in [6, 6.07) is 9.65. The Morgan fingerprint density at radius 1 is 1.32 bits per heavy atom. The maximum Gasteiger partial charge on any atom is 0.258 e. The SMILES string of the molecule is CCN1CCC(N(C)c2cccc(NC(=O)c3ccc(F)cc3Cl)n2)CC1.Cl. The van der Waals surface area contributed by atoms with Gasteiger partial charge in [0.25, 0.3) is 5.91 Å². The van der Waals surface area contributed by atoms with Crippen molar-refractivity contribution in [3.8, 4) is 0 Å². The molecule has 1 aromatic heterocycles. The molecule has 1 N–H and O–H groups in total. The first kappa shape index (κ1) is 22.4. The van der Waals surface area contributed by atoms with Crippen LogP contribution in [0.15, 0.2) is 36.4 Å². The van der Waals surface area contributed by atoms with Crippen LogP contribution in [0.3, 0.4) is 0 Å². The van der Waals surface area contributed by atoms with Gasteiger partial charge in [-0.15, -0.1) is 12.4 Å². The predicted molar refractivity (Wildman–Crippen MR) is 114 cm³/mol. The third-order valence-electron chi connectivity index (χ3n) is 5.07. The first-order valence-electron chi connectivity index (χ1n) is 9.16. The lowest BCUT2D eigenvalue weighted by Crippen LogP contribution is -2.43. The lowest BCUT2D eigenvalue weighted by molar-refractivity contribution is 0.102. The number of hydrogen-bond donors (Lipinski definition) is 1. The third kappa shape index (κ3) is 5.34. The molecule has 5 nitrogen and oxygen atoms in total. The molecule has 1 fully saturated rings. The smallest absolute Gasteiger partial charge is 0.258 e. The Labute approximate surface area is 176 Å². The summed E-state index contributed by atoms with van der Waals surface area (Å²) in [5.41, 5.74) is 0.213. The highest BCUT2D eigenvalue weighted by Crippen LogP contribution is 2.23. The van der Waals surface area contributed by atoms with Crippen molar-refractivity contribution < 1.29 is 9.18 Å². The number of halogens is 3. The van der Waals surface area contributed by atoms with E-state index in [2.05, 4.69) is 27.0 Å². The zero-order valence-electron chi connectivity index (χ0n) is 16.0. The van der Waals surface area contributed by atoms with Crippen molar-refractivity contribution in [3.63, 3.8) is 0 Å². The van der Waals surface area contributed by atoms with Gasteiger partial charge in [0, 0.05) is 26.2 Å². The van der Waals surface area contributed by atoms with Crippen LogP contribution < -0.4 is 10.2 Å². The molecule has 0 atom stereocenters. The van der Waals surface area contributed by atoms with Crippen molar-refractivity contribution in [1.29, 1.82) is 0 Å². The number of nitrogens with one attached hydrogen (secondary N) is 1. The molecular formula is C20H25Cl2FN4O. The lowest BCUT2D eigenvalue weighted by Gasteiger charge is -2.36. The summed E-state index contributed by atoms with van der Waals surface area (Å²) in [6.45, 7) is 5.45. The number of nitrogens with zero attached hydrogens (tertiary/aromatic N) is 3. The molecule has 2 heterocycles. The molecule has 1 saturated heterocycles. The molecule has 2 aromatic rings. The van der Waals surface area contributed by atoms with E-state index in [1.54, 1.807) is 6.07 Å². The molecular weight excluding hydrogens is 402 g/mol. The molecule has 0 radical (unpaired) electrons. The fourth-order valence-electron chi connectivity index (χ4n) is 3.36. The number of benzene rings is 1. The van der Waals surface area contributed by atoms with E-state index in [9.17, 15) is 9.18 Å². The number of hydrogen-bond acceptors (Lipinski definition) is 4. The summed E-state index contributed by atoms with van der Waals surface area (Å²) >= 11 is 5.96. The summed E-state index contributed by atoms with van der Waals surface area (Å²) in [6.07, 6.45) is 2.18. The van der Waals surface area contributed by atoms with E-state index in [0.29, 0.717) is 11.9 Å². The van der Waals surface area contributed by atoms with Gasteiger partial charge in [-0.2, -0.15) is 0 Å². The summed E-state index contributed by atoms with van der Waals surface area (Å²) in [5, 5.41) is 2.81. The standard InChI is InChI=1S/C20H24ClFN4O.ClH/c1-3-26-11-9-15(10-12-26)25(2)19-6-4-5-18(23-19)24-20(27)16-8-7-14(22)13-17(16)21;/h4-8,13,15H,3,9-12H2,1-2H3,(H,23,24,27);1H. The molecule has 1 aromatic carbocycles. The Balaban J connectivity index is 0.00000280. The highest BCUT2D eigenvalue weighted by molar-refractivity contribution is 6.34. The van der Waals surface area contributed by atoms with E-state index in [1.807, 2.05) is 19.2 Å². The fourth-order valence-corrected chi connectivity index (χ4v) is 3.61. The van der Waals surface area contributed by atoms with E-state index in [4.69, 9.17) is 11.6 Å². The first-order valence-corrected chi connectivity index (χ1v) is 9.54. The van der Waals surface area contributed by atoms with Gasteiger partial charge in [-0.25, -0.2) is 9.37 Å². The number of carbonyl (C=O) groups is 1. The predicted octanol–water partition coefficient (Wildman–Crippen LogP) is 4.47. The maximum atomic E-state index is 13.2. The molecule has 1 amide bonds. The van der Waals surface area contributed by atoms with Crippen molar-refractivity contribution in [3.05, 3.63) is 52.8 Å². The molecule has 0 unspecified atom stereocenters. The molecule has 1 aliphatic rings. The van der Waals surface area contributed by atoms with Crippen LogP contribution in [0.2, 0.25) is 5.02 Å². The second-order valence-corrected chi connectivity index (χ2v) is 7.14. The van der Waals surface area contributed by atoms with Crippen LogP contribution in [0.4, 0.5) is 16.0 Å². The van der Waals surface area contributed by atoms with Crippen LogP contribution in [0.25, 0.3) is 0 Å². The number of likely N-dealkylation sites (tertiary alicyclic amines) is 1. The molecule has 0 spiro atoms. The molecule has 152 valence electrons. The molecule has 8 heteroatoms. The van der Waals surface area contributed by atoms with Gasteiger partial charge in [-0.3, -0.25) is 4.79 Å². The van der Waals surface area contributed by atoms with E-state index < -0.39 is 11.7 Å². The number of aromatic nitrogens is 1. The Hall–Kier alpha value is -1.89. The van der Waals surface area contributed by atoms with Crippen LogP contribution in [0, 0.1) is 5.82 Å². The van der Waals surface area contributed by atoms with Crippen molar-refractivity contribution >= 4 is 41.6 Å². The molecule has 0 aliphatic carbocycles. The van der Waals surface area contributed by atoms with Crippen LogP contribution in [-0.4, -0.2) is 48.5 Å². The van der Waals surface area contributed by atoms with E-state index >= 15 is 0 Å². The number of piperidine rings is 1. The summed E-state index contributed by atoms with van der Waals surface area (Å²) < 4.78 is 13.2. The number of amides is 1. The summed E-state index contributed by atoms with van der Waals surface area (Å²) in [7, 11) is 2.04. The maximum absolute atomic E-state index is 13.2. The van der Waals surface area contributed by atoms with Crippen LogP contribution in [0.5, 0.6) is 0 Å². The van der Waals surface area contributed by atoms with Gasteiger partial charge >= 0.3 is 0 Å². The number of carbonyl (C=O) groups excluding carboxylic acids is 1. The van der Waals surface area contributed by atoms with E-state index in [-0.39, 0.29) is 23.0 Å². The Morgan fingerprint density at radius 3 is 2.68 bits per heavy atom. The van der Waals surface area contributed by atoms with Gasteiger partial charge in [0.1, 0.15) is 17.5 Å². The second kappa shape index (κ2) is 10.0. The molecule has 28 heavy (non-hydrogen) atoms. The number of rotatable bonds is 5. The van der Waals surface area contributed by atoms with Crippen LogP contribution >= 0.6 is 24.0 Å². The van der Waals surface area contributed by atoms with Crippen LogP contribution in [-0.2, 0) is 0 Å². The molecule has 0 bridgehead atoms. The van der Waals surface area contributed by atoms with Gasteiger partial charge in [-0.05, 0) is 49.7 Å². The van der Waals surface area contributed by atoms with Gasteiger partial charge in [0.15, 0.2) is 0 Å². The number of pyridine rings is 1. The second-order valence-electron chi connectivity index (χ2n) is 6.74. The Kier molecular flexibility index (Phi) is 8.04. The van der Waals surface area contributed by atoms with Crippen molar-refractivity contribution in [2.75, 3.05) is 36.9 Å². The minimum Gasteiger partial charge on any atom is -0.357 e. The average molecular weight is 427 g/mol. The van der Waals surface area contributed by atoms with E-state index in [1.165, 1.54) is 12.1 Å². The zero-order chi connectivity index (χ0) is 19.4. The van der Waals surface area contributed by atoms with Crippen molar-refractivity contribution in [2.45, 2.75) is 25.8 Å². The molecule has 0 saturated carbocycles. The van der Waals surface area contributed by atoms with Gasteiger partial charge < -0.3 is 15.1 Å². The summed E-state index contributed by atoms with van der Waals surface area (Å²) in [4.78, 5) is 21.6. The molecule has 3 rings (SSSR count). The van der Waals surface area contributed by atoms with Gasteiger partial charge in [0.2, 0.25) is 0 Å². The third-order valence-corrected chi connectivity index (χ3v) is 5.38. The topological polar surface area (TPSA) is 48.5 Å². The van der Waals surface area contributed by atoms with Crippen molar-refractivity contribution in [1.82, 2.24) is 9.88 Å². The quantitative estimate of drug-likeness (QED) is 0.765. The Morgan fingerprint density at radius 2 is 2.04 bits per heavy atom. The van der Waals surface area contributed by atoms with Gasteiger partial charge in [-0.1, -0.05) is 24.6 Å². The highest BCUT2D eigenvalue weighted by Gasteiger charge is 2.22. The highest BCUT2D eigenvalue weighted by atomic mass is 35.5. The molecule has 1 aliphatic heterocycles. The largest absolute Gasteiger partial charge is 0.357 e. The van der Waals surface area contributed by atoms with Crippen molar-refractivity contribution in [2.24, 2.45) is 0 Å². The van der Waals surface area contributed by atoms with Crippen LogP contribution in [0.1, 0.15) is 30.1 Å². The minimum atomic E-state index is -0.479. The number of anilines is 2. The Bertz CT molecular complexity index is 813. The first-order chi connectivity index (χ1) is 13.0. The monoisotopic (exact) mass is 426 g/mol. The minimum absolute atomic E-state index is 0. The summed E-state index contributed by atoms with van der Waals surface area (Å²) in [5.74, 6) is 0.361. The lowest BCUT2D eigenvalue weighted by atomic mass is 10.0. The van der Waals surface area contributed by atoms with Gasteiger partial charge in [0.05, 0.1) is 10.6 Å². The van der Waals surface area contributed by atoms with E-state index in [0.717, 1.165) is 44.4 Å². The fraction of sp³-hybridized carbons (Fsp3) is 0.400. The zero-order valence-corrected chi connectivity index (χ0v) is 17.6. The normalized spacial score (nSPS) is 15.0.